The highest BCUT2D eigenvalue weighted by molar-refractivity contribution is 7.89. The zero-order valence-corrected chi connectivity index (χ0v) is 11.0. The second-order valence-electron chi connectivity index (χ2n) is 3.97. The molecule has 5 heteroatoms. The van der Waals surface area contributed by atoms with Crippen molar-refractivity contribution in [2.24, 2.45) is 5.73 Å². The number of sulfonamides is 1. The van der Waals surface area contributed by atoms with Gasteiger partial charge in [0.1, 0.15) is 0 Å². The van der Waals surface area contributed by atoms with Crippen molar-refractivity contribution >= 4 is 10.0 Å². The van der Waals surface area contributed by atoms with Crippen molar-refractivity contribution < 1.29 is 8.42 Å². The van der Waals surface area contributed by atoms with E-state index in [2.05, 4.69) is 4.72 Å². The molecular formula is C12H20N2O2S. The monoisotopic (exact) mass is 256 g/mol. The van der Waals surface area contributed by atoms with Crippen molar-refractivity contribution in [3.63, 3.8) is 0 Å². The molecule has 0 saturated heterocycles. The van der Waals surface area contributed by atoms with Gasteiger partial charge in [0.2, 0.25) is 10.0 Å². The number of rotatable bonds is 7. The van der Waals surface area contributed by atoms with Gasteiger partial charge in [0.05, 0.1) is 5.75 Å². The van der Waals surface area contributed by atoms with Crippen molar-refractivity contribution in [2.45, 2.75) is 32.9 Å². The van der Waals surface area contributed by atoms with Crippen LogP contribution in [-0.4, -0.2) is 14.2 Å². The normalized spacial score (nSPS) is 11.6. The van der Waals surface area contributed by atoms with Crippen LogP contribution in [-0.2, 0) is 23.1 Å². The molecule has 0 spiro atoms. The molecule has 0 aromatic heterocycles. The summed E-state index contributed by atoms with van der Waals surface area (Å²) >= 11 is 0. The Bertz CT molecular complexity index is 444. The lowest BCUT2D eigenvalue weighted by Crippen LogP contribution is -2.26. The van der Waals surface area contributed by atoms with Crippen LogP contribution in [0.25, 0.3) is 0 Å². The summed E-state index contributed by atoms with van der Waals surface area (Å²) in [5.74, 6) is 0.189. The fraction of sp³-hybridized carbons (Fsp3) is 0.500. The van der Waals surface area contributed by atoms with Gasteiger partial charge in [-0.3, -0.25) is 0 Å². The number of benzene rings is 1. The zero-order chi connectivity index (χ0) is 12.7. The average Bonchev–Trinajstić information content (AvgIpc) is 2.34. The fourth-order valence-electron chi connectivity index (χ4n) is 1.52. The predicted octanol–water partition coefficient (Wildman–Crippen LogP) is 1.36. The molecule has 0 radical (unpaired) electrons. The van der Waals surface area contributed by atoms with Crippen LogP contribution in [0.3, 0.4) is 0 Å². The standard InChI is InChI=1S/C12H20N2O2S/c1-2-3-8-17(15,16)14-10-12-7-5-4-6-11(12)9-13/h4-7,14H,2-3,8-10,13H2,1H3. The van der Waals surface area contributed by atoms with Crippen molar-refractivity contribution in [2.75, 3.05) is 5.75 Å². The maximum Gasteiger partial charge on any atom is 0.211 e. The first-order valence-electron chi connectivity index (χ1n) is 5.83. The molecule has 1 aromatic carbocycles. The Hall–Kier alpha value is -0.910. The SMILES string of the molecule is CCCCS(=O)(=O)NCc1ccccc1CN. The first-order chi connectivity index (χ1) is 8.09. The van der Waals surface area contributed by atoms with Gasteiger partial charge in [0.25, 0.3) is 0 Å². The second kappa shape index (κ2) is 6.74. The van der Waals surface area contributed by atoms with E-state index in [9.17, 15) is 8.42 Å². The minimum absolute atomic E-state index is 0.189. The number of nitrogens with one attached hydrogen (secondary N) is 1. The van der Waals surface area contributed by atoms with Crippen molar-refractivity contribution in [1.82, 2.24) is 4.72 Å². The van der Waals surface area contributed by atoms with E-state index in [-0.39, 0.29) is 5.75 Å². The largest absolute Gasteiger partial charge is 0.326 e. The third-order valence-electron chi connectivity index (χ3n) is 2.59. The molecule has 0 amide bonds. The first kappa shape index (κ1) is 14.2. The summed E-state index contributed by atoms with van der Waals surface area (Å²) in [5, 5.41) is 0. The molecule has 96 valence electrons. The lowest BCUT2D eigenvalue weighted by atomic mass is 10.1. The van der Waals surface area contributed by atoms with Gasteiger partial charge < -0.3 is 5.73 Å². The van der Waals surface area contributed by atoms with Gasteiger partial charge in [0, 0.05) is 13.1 Å². The summed E-state index contributed by atoms with van der Waals surface area (Å²) in [7, 11) is -3.16. The number of nitrogens with two attached hydrogens (primary N) is 1. The molecule has 0 fully saturated rings. The third-order valence-corrected chi connectivity index (χ3v) is 4.00. The molecule has 0 aliphatic heterocycles. The van der Waals surface area contributed by atoms with E-state index in [4.69, 9.17) is 5.73 Å². The number of hydrogen-bond donors (Lipinski definition) is 2. The predicted molar refractivity (Wildman–Crippen MR) is 69.9 cm³/mol. The lowest BCUT2D eigenvalue weighted by molar-refractivity contribution is 0.577. The molecular weight excluding hydrogens is 236 g/mol. The smallest absolute Gasteiger partial charge is 0.211 e. The van der Waals surface area contributed by atoms with E-state index in [1.54, 1.807) is 0 Å². The van der Waals surface area contributed by atoms with Crippen LogP contribution in [0, 0.1) is 0 Å². The molecule has 0 bridgehead atoms. The van der Waals surface area contributed by atoms with Gasteiger partial charge in [-0.2, -0.15) is 0 Å². The van der Waals surface area contributed by atoms with Gasteiger partial charge >= 0.3 is 0 Å². The van der Waals surface area contributed by atoms with Crippen molar-refractivity contribution in [3.8, 4) is 0 Å². The highest BCUT2D eigenvalue weighted by Gasteiger charge is 2.09. The minimum Gasteiger partial charge on any atom is -0.326 e. The topological polar surface area (TPSA) is 72.2 Å². The van der Waals surface area contributed by atoms with Crippen LogP contribution in [0.5, 0.6) is 0 Å². The molecule has 1 rings (SSSR count). The summed E-state index contributed by atoms with van der Waals surface area (Å²) in [6.07, 6.45) is 1.56. The van der Waals surface area contributed by atoms with E-state index in [0.29, 0.717) is 19.5 Å². The molecule has 0 atom stereocenters. The molecule has 0 aliphatic rings. The van der Waals surface area contributed by atoms with Gasteiger partial charge in [-0.25, -0.2) is 13.1 Å². The maximum atomic E-state index is 11.6. The Morgan fingerprint density at radius 1 is 1.24 bits per heavy atom. The lowest BCUT2D eigenvalue weighted by Gasteiger charge is -2.09. The van der Waals surface area contributed by atoms with Gasteiger partial charge in [-0.15, -0.1) is 0 Å². The quantitative estimate of drug-likeness (QED) is 0.774. The molecule has 0 unspecified atom stereocenters. The van der Waals surface area contributed by atoms with Gasteiger partial charge in [-0.05, 0) is 17.5 Å². The minimum atomic E-state index is -3.16. The molecule has 3 N–H and O–H groups in total. The molecule has 17 heavy (non-hydrogen) atoms. The summed E-state index contributed by atoms with van der Waals surface area (Å²) in [5.41, 5.74) is 7.51. The average molecular weight is 256 g/mol. The maximum absolute atomic E-state index is 11.6. The van der Waals surface area contributed by atoms with E-state index < -0.39 is 10.0 Å². The molecule has 0 aliphatic carbocycles. The van der Waals surface area contributed by atoms with Crippen LogP contribution >= 0.6 is 0 Å². The van der Waals surface area contributed by atoms with Crippen LogP contribution in [0.2, 0.25) is 0 Å². The van der Waals surface area contributed by atoms with E-state index >= 15 is 0 Å². The summed E-state index contributed by atoms with van der Waals surface area (Å²) < 4.78 is 25.8. The zero-order valence-electron chi connectivity index (χ0n) is 10.1. The Balaban J connectivity index is 2.61. The molecule has 0 heterocycles. The Morgan fingerprint density at radius 2 is 1.88 bits per heavy atom. The van der Waals surface area contributed by atoms with E-state index in [0.717, 1.165) is 17.5 Å². The van der Waals surface area contributed by atoms with E-state index in [1.165, 1.54) is 0 Å². The summed E-state index contributed by atoms with van der Waals surface area (Å²) in [6, 6.07) is 7.59. The third kappa shape index (κ3) is 4.85. The molecule has 4 nitrogen and oxygen atoms in total. The van der Waals surface area contributed by atoms with Crippen LogP contribution in [0.15, 0.2) is 24.3 Å². The first-order valence-corrected chi connectivity index (χ1v) is 7.48. The van der Waals surface area contributed by atoms with Crippen LogP contribution in [0.4, 0.5) is 0 Å². The Labute approximate surface area is 103 Å². The number of unbranched alkanes of at least 4 members (excludes halogenated alkanes) is 1. The van der Waals surface area contributed by atoms with Crippen molar-refractivity contribution in [1.29, 1.82) is 0 Å². The second-order valence-corrected chi connectivity index (χ2v) is 5.89. The molecule has 0 saturated carbocycles. The summed E-state index contributed by atoms with van der Waals surface area (Å²) in [4.78, 5) is 0. The number of hydrogen-bond acceptors (Lipinski definition) is 3. The van der Waals surface area contributed by atoms with Gasteiger partial charge in [0.15, 0.2) is 0 Å². The molecule has 1 aromatic rings. The highest BCUT2D eigenvalue weighted by atomic mass is 32.2. The summed E-state index contributed by atoms with van der Waals surface area (Å²) in [6.45, 7) is 2.71. The van der Waals surface area contributed by atoms with Crippen LogP contribution in [0.1, 0.15) is 30.9 Å². The fourth-order valence-corrected chi connectivity index (χ4v) is 2.71. The van der Waals surface area contributed by atoms with Gasteiger partial charge in [-0.1, -0.05) is 37.6 Å². The van der Waals surface area contributed by atoms with Crippen LogP contribution < -0.4 is 10.5 Å². The Kier molecular flexibility index (Phi) is 5.61. The van der Waals surface area contributed by atoms with E-state index in [1.807, 2.05) is 31.2 Å². The Morgan fingerprint density at radius 3 is 2.47 bits per heavy atom. The van der Waals surface area contributed by atoms with Crippen molar-refractivity contribution in [3.05, 3.63) is 35.4 Å². The highest BCUT2D eigenvalue weighted by Crippen LogP contribution is 2.08.